The van der Waals surface area contributed by atoms with Gasteiger partial charge in [0.15, 0.2) is 0 Å². The number of carbonyl (C=O) groups excluding carboxylic acids is 3. The van der Waals surface area contributed by atoms with Crippen molar-refractivity contribution in [2.75, 3.05) is 31.6 Å². The number of hydrogen-bond acceptors (Lipinski definition) is 9. The summed E-state index contributed by atoms with van der Waals surface area (Å²) in [5, 5.41) is 15.5. The highest BCUT2D eigenvalue weighted by atomic mass is 16.5. The van der Waals surface area contributed by atoms with E-state index in [9.17, 15) is 14.4 Å². The minimum absolute atomic E-state index is 0.262. The summed E-state index contributed by atoms with van der Waals surface area (Å²) < 4.78 is 10.0. The predicted octanol–water partition coefficient (Wildman–Crippen LogP) is 7.17. The van der Waals surface area contributed by atoms with E-state index in [-0.39, 0.29) is 11.5 Å². The van der Waals surface area contributed by atoms with Crippen molar-refractivity contribution in [1.29, 1.82) is 0 Å². The Kier molecular flexibility index (Phi) is 11.2. The van der Waals surface area contributed by atoms with E-state index >= 15 is 0 Å². The molecule has 290 valence electrons. The van der Waals surface area contributed by atoms with Crippen molar-refractivity contribution in [3.8, 4) is 17.0 Å². The molecular weight excluding hydrogens is 707 g/mol. The molecule has 0 bridgehead atoms. The van der Waals surface area contributed by atoms with Crippen LogP contribution < -0.4 is 15.4 Å². The van der Waals surface area contributed by atoms with Gasteiger partial charge in [0.2, 0.25) is 11.9 Å². The van der Waals surface area contributed by atoms with E-state index in [0.717, 1.165) is 79.1 Å². The zero-order valence-electron chi connectivity index (χ0n) is 31.7. The first-order valence-corrected chi connectivity index (χ1v) is 20.0. The van der Waals surface area contributed by atoms with Crippen molar-refractivity contribution in [2.24, 2.45) is 0 Å². The summed E-state index contributed by atoms with van der Waals surface area (Å²) in [6.45, 7) is 7.56. The summed E-state index contributed by atoms with van der Waals surface area (Å²) in [6, 6.07) is 19.0. The third-order valence-corrected chi connectivity index (χ3v) is 11.2. The first-order valence-electron chi connectivity index (χ1n) is 20.0. The molecule has 3 aliphatic rings. The molecule has 2 N–H and O–H groups in total. The quantitative estimate of drug-likeness (QED) is 0.0793. The van der Waals surface area contributed by atoms with E-state index < -0.39 is 17.9 Å². The molecule has 3 aliphatic heterocycles. The molecule has 5 aromatic rings. The lowest BCUT2D eigenvalue weighted by Crippen LogP contribution is -2.51. The largest absolute Gasteiger partial charge is 0.493 e. The fraction of sp³-hybridized carbons (Fsp3) is 0.395. The van der Waals surface area contributed by atoms with Crippen LogP contribution in [0.15, 0.2) is 91.5 Å². The van der Waals surface area contributed by atoms with Crippen LogP contribution in [0.3, 0.4) is 0 Å². The second-order valence-electron chi connectivity index (χ2n) is 15.0. The van der Waals surface area contributed by atoms with Gasteiger partial charge in [-0.15, -0.1) is 5.10 Å². The zero-order chi connectivity index (χ0) is 38.4. The molecule has 56 heavy (non-hydrogen) atoms. The molecule has 3 amide bonds. The number of rotatable bonds is 16. The fourth-order valence-corrected chi connectivity index (χ4v) is 8.11. The smallest absolute Gasteiger partial charge is 0.266 e. The highest BCUT2D eigenvalue weighted by molar-refractivity contribution is 6.24. The minimum Gasteiger partial charge on any atom is -0.493 e. The average Bonchev–Trinajstić information content (AvgIpc) is 3.93. The Labute approximate surface area is 326 Å². The number of allylic oxidation sites excluding steroid dienone is 1. The standard InChI is InChI=1S/C43H49N9O4/c1-30-17-19-37(40(53)46-30)51-41(54)35-15-12-16-38(39(35)42(51)55)56-26-11-6-4-2-3-5-10-23-49-24-21-33(22-25-49)50-29-32(27-45-50)47-43-44-28-34-18-20-36(52(34)48-43)31-13-8-7-9-14-31/h7-9,12-16,18,20,27-29,33,37H,1-6,10-11,17,19,21-26H2,(H,46,53)(H,47,48). The maximum Gasteiger partial charge on any atom is 0.266 e. The molecule has 0 aliphatic carbocycles. The normalized spacial score (nSPS) is 17.8. The van der Waals surface area contributed by atoms with E-state index in [4.69, 9.17) is 9.84 Å². The number of nitrogens with one attached hydrogen (secondary N) is 2. The van der Waals surface area contributed by atoms with Crippen LogP contribution in [0.25, 0.3) is 16.8 Å². The lowest BCUT2D eigenvalue weighted by atomic mass is 10.0. The number of carbonyl (C=O) groups is 3. The Hall–Kier alpha value is -5.82. The molecular formula is C43H49N9O4. The van der Waals surface area contributed by atoms with E-state index in [1.165, 1.54) is 25.7 Å². The number of aromatic nitrogens is 5. The molecule has 0 spiro atoms. The zero-order valence-corrected chi connectivity index (χ0v) is 31.7. The number of anilines is 2. The number of ether oxygens (including phenoxy) is 1. The van der Waals surface area contributed by atoms with Gasteiger partial charge in [-0.05, 0) is 69.3 Å². The molecule has 2 aromatic carbocycles. The maximum absolute atomic E-state index is 13.3. The number of hydrogen-bond donors (Lipinski definition) is 2. The van der Waals surface area contributed by atoms with Gasteiger partial charge in [-0.3, -0.25) is 24.0 Å². The van der Waals surface area contributed by atoms with Crippen LogP contribution in [-0.4, -0.2) is 84.2 Å². The van der Waals surface area contributed by atoms with Gasteiger partial charge in [0.05, 0.1) is 53.1 Å². The molecule has 0 saturated carbocycles. The summed E-state index contributed by atoms with van der Waals surface area (Å²) in [6.07, 6.45) is 16.7. The van der Waals surface area contributed by atoms with E-state index in [1.807, 2.05) is 41.2 Å². The molecule has 13 nitrogen and oxygen atoms in total. The molecule has 3 aromatic heterocycles. The van der Waals surface area contributed by atoms with E-state index in [0.29, 0.717) is 48.4 Å². The molecule has 2 saturated heterocycles. The second kappa shape index (κ2) is 16.9. The van der Waals surface area contributed by atoms with Crippen molar-refractivity contribution < 1.29 is 19.1 Å². The van der Waals surface area contributed by atoms with Gasteiger partial charge in [0.1, 0.15) is 11.8 Å². The Morgan fingerprint density at radius 1 is 0.839 bits per heavy atom. The Bertz CT molecular complexity index is 2200. The van der Waals surface area contributed by atoms with Crippen molar-refractivity contribution in [3.05, 3.63) is 103 Å². The molecule has 0 radical (unpaired) electrons. The average molecular weight is 756 g/mol. The summed E-state index contributed by atoms with van der Waals surface area (Å²) in [4.78, 5) is 47.1. The molecule has 6 heterocycles. The third kappa shape index (κ3) is 8.08. The lowest BCUT2D eigenvalue weighted by Gasteiger charge is -2.32. The Morgan fingerprint density at radius 3 is 2.43 bits per heavy atom. The second-order valence-corrected chi connectivity index (χ2v) is 15.0. The van der Waals surface area contributed by atoms with Gasteiger partial charge in [-0.1, -0.05) is 75.1 Å². The first-order chi connectivity index (χ1) is 27.4. The third-order valence-electron chi connectivity index (χ3n) is 11.2. The summed E-state index contributed by atoms with van der Waals surface area (Å²) in [5.41, 5.74) is 5.12. The van der Waals surface area contributed by atoms with Crippen molar-refractivity contribution in [3.63, 3.8) is 0 Å². The molecule has 13 heteroatoms. The predicted molar refractivity (Wildman–Crippen MR) is 214 cm³/mol. The van der Waals surface area contributed by atoms with Gasteiger partial charge in [0.25, 0.3) is 11.8 Å². The summed E-state index contributed by atoms with van der Waals surface area (Å²) >= 11 is 0. The summed E-state index contributed by atoms with van der Waals surface area (Å²) in [7, 11) is 0. The maximum atomic E-state index is 13.3. The van der Waals surface area contributed by atoms with Crippen molar-refractivity contribution in [2.45, 2.75) is 82.7 Å². The molecule has 8 rings (SSSR count). The Balaban J connectivity index is 0.698. The van der Waals surface area contributed by atoms with Gasteiger partial charge in [0, 0.05) is 30.5 Å². The van der Waals surface area contributed by atoms with Gasteiger partial charge < -0.3 is 20.3 Å². The molecule has 1 unspecified atom stereocenters. The molecule has 1 atom stereocenters. The van der Waals surface area contributed by atoms with E-state index in [1.54, 1.807) is 18.2 Å². The van der Waals surface area contributed by atoms with Crippen LogP contribution in [0, 0.1) is 0 Å². The van der Waals surface area contributed by atoms with E-state index in [2.05, 4.69) is 61.3 Å². The number of amides is 3. The number of unbranched alkanes of at least 4 members (excludes halogenated alkanes) is 6. The highest BCUT2D eigenvalue weighted by Gasteiger charge is 2.45. The highest BCUT2D eigenvalue weighted by Crippen LogP contribution is 2.34. The van der Waals surface area contributed by atoms with Crippen molar-refractivity contribution in [1.82, 2.24) is 39.5 Å². The molecule has 2 fully saturated rings. The van der Waals surface area contributed by atoms with Crippen LogP contribution in [0.2, 0.25) is 0 Å². The monoisotopic (exact) mass is 755 g/mol. The van der Waals surface area contributed by atoms with Crippen LogP contribution in [0.4, 0.5) is 11.6 Å². The van der Waals surface area contributed by atoms with Crippen LogP contribution in [0.5, 0.6) is 5.75 Å². The number of piperidine rings is 2. The number of imide groups is 1. The van der Waals surface area contributed by atoms with Crippen LogP contribution in [-0.2, 0) is 4.79 Å². The SMILES string of the molecule is C=C1CCC(N2C(=O)c3cccc(OCCCCCCCCCN4CCC(n5cc(Nc6ncc7ccc(-c8ccccc8)n7n6)cn5)CC4)c3C2=O)C(=O)N1. The number of nitrogens with zero attached hydrogens (tertiary/aromatic N) is 7. The van der Waals surface area contributed by atoms with Crippen LogP contribution >= 0.6 is 0 Å². The van der Waals surface area contributed by atoms with Crippen molar-refractivity contribution >= 4 is 34.9 Å². The number of fused-ring (bicyclic) bond motifs is 2. The van der Waals surface area contributed by atoms with Crippen LogP contribution in [0.1, 0.15) is 97.4 Å². The lowest BCUT2D eigenvalue weighted by molar-refractivity contribution is -0.125. The fourth-order valence-electron chi connectivity index (χ4n) is 8.11. The van der Waals surface area contributed by atoms with Gasteiger partial charge in [-0.2, -0.15) is 5.10 Å². The van der Waals surface area contributed by atoms with Gasteiger partial charge in [-0.25, -0.2) is 9.50 Å². The first kappa shape index (κ1) is 37.1. The van der Waals surface area contributed by atoms with Gasteiger partial charge >= 0.3 is 0 Å². The number of likely N-dealkylation sites (tertiary alicyclic amines) is 1. The minimum atomic E-state index is -0.830. The Morgan fingerprint density at radius 2 is 1.62 bits per heavy atom. The summed E-state index contributed by atoms with van der Waals surface area (Å²) in [5.74, 6) is -0.331. The number of benzene rings is 2. The topological polar surface area (TPSA) is 139 Å².